The third kappa shape index (κ3) is 5.62. The molecule has 0 amide bonds. The van der Waals surface area contributed by atoms with Crippen molar-refractivity contribution in [2.45, 2.75) is 0 Å². The van der Waals surface area contributed by atoms with E-state index in [0.717, 1.165) is 27.8 Å². The number of fused-ring (bicyclic) bond motifs is 6. The Morgan fingerprint density at radius 3 is 1.09 bits per heavy atom. The lowest BCUT2D eigenvalue weighted by molar-refractivity contribution is 1.33. The minimum atomic E-state index is 1.14. The van der Waals surface area contributed by atoms with E-state index in [1.54, 1.807) is 0 Å². The molecule has 252 valence electrons. The summed E-state index contributed by atoms with van der Waals surface area (Å²) in [6.07, 6.45) is 7.41. The van der Waals surface area contributed by atoms with E-state index in [9.17, 15) is 0 Å². The fourth-order valence-electron chi connectivity index (χ4n) is 8.09. The van der Waals surface area contributed by atoms with Crippen molar-refractivity contribution in [3.63, 3.8) is 0 Å². The molecule has 0 aliphatic heterocycles. The van der Waals surface area contributed by atoms with Gasteiger partial charge in [-0.25, -0.2) is 0 Å². The van der Waals surface area contributed by atoms with Crippen LogP contribution in [-0.2, 0) is 0 Å². The van der Waals surface area contributed by atoms with Crippen LogP contribution in [0, 0.1) is 0 Å². The first-order chi connectivity index (χ1) is 26.8. The highest BCUT2D eigenvalue weighted by atomic mass is 14.6. The lowest BCUT2D eigenvalue weighted by Gasteiger charge is -2.18. The summed E-state index contributed by atoms with van der Waals surface area (Å²) in [6.45, 7) is 0. The zero-order valence-electron chi connectivity index (χ0n) is 29.5. The largest absolute Gasteiger partial charge is 0.265 e. The standard InChI is InChI=1S/C52H34N2/c1-2-10-37(11-3-1)45-20-21-46(52-50-19-7-5-17-48(50)47-16-4-6-18-49(47)51(45)52)41-15-9-13-39(31-41)38-12-8-14-40(30-38)44-33-42(35-22-26-53-27-23-35)32-43(34-44)36-24-28-54-29-25-36/h1-34H. The Kier molecular flexibility index (Phi) is 7.85. The molecule has 2 heterocycles. The molecule has 2 aromatic heterocycles. The second kappa shape index (κ2) is 13.4. The van der Waals surface area contributed by atoms with Gasteiger partial charge in [0.25, 0.3) is 0 Å². The fraction of sp³-hybridized carbons (Fsp3) is 0. The first-order valence-electron chi connectivity index (χ1n) is 18.4. The molecule has 54 heavy (non-hydrogen) atoms. The van der Waals surface area contributed by atoms with E-state index in [2.05, 4.69) is 192 Å². The van der Waals surface area contributed by atoms with Crippen molar-refractivity contribution in [3.8, 4) is 66.8 Å². The van der Waals surface area contributed by atoms with E-state index in [4.69, 9.17) is 0 Å². The topological polar surface area (TPSA) is 25.8 Å². The summed E-state index contributed by atoms with van der Waals surface area (Å²) < 4.78 is 0. The molecule has 10 rings (SSSR count). The van der Waals surface area contributed by atoms with Crippen molar-refractivity contribution in [1.82, 2.24) is 9.97 Å². The highest BCUT2D eigenvalue weighted by Gasteiger charge is 2.17. The van der Waals surface area contributed by atoms with Crippen LogP contribution in [0.3, 0.4) is 0 Å². The van der Waals surface area contributed by atoms with E-state index < -0.39 is 0 Å². The minimum absolute atomic E-state index is 1.14. The first kappa shape index (κ1) is 31.6. The third-order valence-electron chi connectivity index (χ3n) is 10.6. The van der Waals surface area contributed by atoms with Crippen molar-refractivity contribution in [1.29, 1.82) is 0 Å². The molecule has 0 aliphatic rings. The second-order valence-corrected chi connectivity index (χ2v) is 13.8. The highest BCUT2D eigenvalue weighted by Crippen LogP contribution is 2.45. The lowest BCUT2D eigenvalue weighted by atomic mass is 9.85. The molecule has 0 saturated heterocycles. The van der Waals surface area contributed by atoms with Crippen molar-refractivity contribution in [2.24, 2.45) is 0 Å². The van der Waals surface area contributed by atoms with Crippen molar-refractivity contribution < 1.29 is 0 Å². The van der Waals surface area contributed by atoms with Crippen LogP contribution in [0.1, 0.15) is 0 Å². The maximum absolute atomic E-state index is 4.26. The summed E-state index contributed by atoms with van der Waals surface area (Å²) >= 11 is 0. The van der Waals surface area contributed by atoms with Crippen molar-refractivity contribution in [2.75, 3.05) is 0 Å². The van der Waals surface area contributed by atoms with E-state index in [0.29, 0.717) is 0 Å². The second-order valence-electron chi connectivity index (χ2n) is 13.8. The predicted octanol–water partition coefficient (Wildman–Crippen LogP) is 13.9. The molecule has 10 aromatic rings. The fourth-order valence-corrected chi connectivity index (χ4v) is 8.09. The van der Waals surface area contributed by atoms with E-state index >= 15 is 0 Å². The van der Waals surface area contributed by atoms with Gasteiger partial charge >= 0.3 is 0 Å². The number of hydrogen-bond acceptors (Lipinski definition) is 2. The molecule has 0 spiro atoms. The van der Waals surface area contributed by atoms with Gasteiger partial charge in [-0.15, -0.1) is 0 Å². The van der Waals surface area contributed by atoms with Gasteiger partial charge in [0.15, 0.2) is 0 Å². The van der Waals surface area contributed by atoms with Gasteiger partial charge in [0, 0.05) is 24.8 Å². The van der Waals surface area contributed by atoms with E-state index in [1.807, 2.05) is 24.8 Å². The number of aromatic nitrogens is 2. The summed E-state index contributed by atoms with van der Waals surface area (Å²) in [5.74, 6) is 0. The Labute approximate surface area is 314 Å². The molecule has 2 heteroatoms. The van der Waals surface area contributed by atoms with Crippen LogP contribution in [0.4, 0.5) is 0 Å². The van der Waals surface area contributed by atoms with Crippen LogP contribution in [0.25, 0.3) is 99.1 Å². The molecule has 0 fully saturated rings. The molecule has 0 N–H and O–H groups in total. The maximum atomic E-state index is 4.26. The summed E-state index contributed by atoms with van der Waals surface area (Å²) in [5, 5.41) is 7.67. The van der Waals surface area contributed by atoms with Gasteiger partial charge in [0.2, 0.25) is 0 Å². The quantitative estimate of drug-likeness (QED) is 0.163. The molecule has 0 saturated carbocycles. The zero-order chi connectivity index (χ0) is 35.8. The molecule has 8 aromatic carbocycles. The van der Waals surface area contributed by atoms with E-state index in [-0.39, 0.29) is 0 Å². The number of pyridine rings is 2. The molecular weight excluding hydrogens is 653 g/mol. The Hall–Kier alpha value is -7.16. The van der Waals surface area contributed by atoms with Gasteiger partial charge in [0.05, 0.1) is 0 Å². The number of benzene rings is 8. The molecule has 2 nitrogen and oxygen atoms in total. The summed E-state index contributed by atoms with van der Waals surface area (Å²) in [6, 6.07) is 66.2. The SMILES string of the molecule is c1ccc(-c2ccc(-c3cccc(-c4cccc(-c5cc(-c6ccncc6)cc(-c6ccncc6)c5)c4)c3)c3c4ccccc4c4ccccc4c23)cc1. The maximum Gasteiger partial charge on any atom is 0.0273 e. The van der Waals surface area contributed by atoms with Crippen LogP contribution >= 0.6 is 0 Å². The Balaban J connectivity index is 1.14. The molecule has 0 bridgehead atoms. The lowest BCUT2D eigenvalue weighted by Crippen LogP contribution is -1.91. The van der Waals surface area contributed by atoms with Crippen LogP contribution in [0.5, 0.6) is 0 Å². The highest BCUT2D eigenvalue weighted by molar-refractivity contribution is 6.31. The minimum Gasteiger partial charge on any atom is -0.265 e. The Morgan fingerprint density at radius 2 is 0.574 bits per heavy atom. The van der Waals surface area contributed by atoms with Crippen LogP contribution in [0.15, 0.2) is 207 Å². The Morgan fingerprint density at radius 1 is 0.222 bits per heavy atom. The number of rotatable bonds is 6. The molecule has 0 atom stereocenters. The smallest absolute Gasteiger partial charge is 0.0273 e. The summed E-state index contributed by atoms with van der Waals surface area (Å²) in [5.41, 5.74) is 14.2. The molecule has 0 radical (unpaired) electrons. The first-order valence-corrected chi connectivity index (χ1v) is 18.4. The van der Waals surface area contributed by atoms with Gasteiger partial charge in [-0.1, -0.05) is 127 Å². The van der Waals surface area contributed by atoms with Gasteiger partial charge in [-0.05, 0) is 154 Å². The third-order valence-corrected chi connectivity index (χ3v) is 10.6. The van der Waals surface area contributed by atoms with Gasteiger partial charge in [-0.2, -0.15) is 0 Å². The monoisotopic (exact) mass is 686 g/mol. The van der Waals surface area contributed by atoms with Crippen molar-refractivity contribution >= 4 is 32.3 Å². The summed E-state index contributed by atoms with van der Waals surface area (Å²) in [4.78, 5) is 8.52. The van der Waals surface area contributed by atoms with Crippen LogP contribution in [0.2, 0.25) is 0 Å². The number of hydrogen-bond donors (Lipinski definition) is 0. The zero-order valence-corrected chi connectivity index (χ0v) is 29.5. The van der Waals surface area contributed by atoms with Gasteiger partial charge in [0.1, 0.15) is 0 Å². The number of nitrogens with zero attached hydrogens (tertiary/aromatic N) is 2. The normalized spacial score (nSPS) is 11.3. The van der Waals surface area contributed by atoms with Gasteiger partial charge in [-0.3, -0.25) is 9.97 Å². The van der Waals surface area contributed by atoms with Crippen LogP contribution in [-0.4, -0.2) is 9.97 Å². The van der Waals surface area contributed by atoms with Crippen molar-refractivity contribution in [3.05, 3.63) is 207 Å². The molecule has 0 unspecified atom stereocenters. The van der Waals surface area contributed by atoms with E-state index in [1.165, 1.54) is 71.3 Å². The van der Waals surface area contributed by atoms with Crippen LogP contribution < -0.4 is 0 Å². The molecular formula is C52H34N2. The van der Waals surface area contributed by atoms with Gasteiger partial charge < -0.3 is 0 Å². The molecule has 0 aliphatic carbocycles. The Bertz CT molecular complexity index is 2910. The average molecular weight is 687 g/mol. The summed E-state index contributed by atoms with van der Waals surface area (Å²) in [7, 11) is 0. The average Bonchev–Trinajstić information content (AvgIpc) is 3.27. The predicted molar refractivity (Wildman–Crippen MR) is 227 cm³/mol.